The summed E-state index contributed by atoms with van der Waals surface area (Å²) in [6.07, 6.45) is 0. The van der Waals surface area contributed by atoms with Gasteiger partial charge in [-0.05, 0) is 5.56 Å². The summed E-state index contributed by atoms with van der Waals surface area (Å²) in [6.45, 7) is 2.05. The molecule has 0 radical (unpaired) electrons. The maximum Gasteiger partial charge on any atom is 0.242 e. The van der Waals surface area contributed by atoms with Gasteiger partial charge in [0.1, 0.15) is 5.75 Å². The van der Waals surface area contributed by atoms with Gasteiger partial charge in [-0.15, -0.1) is 0 Å². The third-order valence-electron chi connectivity index (χ3n) is 2.70. The monoisotopic (exact) mass is 281 g/mol. The molecule has 0 bridgehead atoms. The first-order valence-corrected chi connectivity index (χ1v) is 7.68. The molecule has 7 heteroatoms. The standard InChI is InChI=1S/C12H15N3O3S/c1-2-19(16,17)8-11-14-12(15-18-11)10-5-3-9(7-13)4-6-10/h3-6H,2,7-8,13H2,1H3. The molecule has 0 fully saturated rings. The topological polar surface area (TPSA) is 99.1 Å². The lowest BCUT2D eigenvalue weighted by atomic mass is 10.1. The highest BCUT2D eigenvalue weighted by atomic mass is 32.2. The van der Waals surface area contributed by atoms with Crippen LogP contribution in [0.5, 0.6) is 0 Å². The lowest BCUT2D eigenvalue weighted by Gasteiger charge is -1.97. The molecule has 0 atom stereocenters. The zero-order valence-corrected chi connectivity index (χ0v) is 11.4. The molecule has 19 heavy (non-hydrogen) atoms. The largest absolute Gasteiger partial charge is 0.338 e. The van der Waals surface area contributed by atoms with E-state index in [0.717, 1.165) is 11.1 Å². The van der Waals surface area contributed by atoms with Crippen molar-refractivity contribution >= 4 is 9.84 Å². The van der Waals surface area contributed by atoms with Gasteiger partial charge in [-0.2, -0.15) is 4.98 Å². The van der Waals surface area contributed by atoms with Crippen molar-refractivity contribution in [3.63, 3.8) is 0 Å². The molecule has 0 saturated carbocycles. The third-order valence-corrected chi connectivity index (χ3v) is 4.27. The van der Waals surface area contributed by atoms with Crippen LogP contribution in [-0.2, 0) is 22.1 Å². The van der Waals surface area contributed by atoms with Gasteiger partial charge >= 0.3 is 0 Å². The minimum atomic E-state index is -3.16. The number of nitrogens with zero attached hydrogens (tertiary/aromatic N) is 2. The van der Waals surface area contributed by atoms with Crippen molar-refractivity contribution in [3.05, 3.63) is 35.7 Å². The molecule has 0 aliphatic heterocycles. The van der Waals surface area contributed by atoms with E-state index in [9.17, 15) is 8.42 Å². The van der Waals surface area contributed by atoms with E-state index >= 15 is 0 Å². The lowest BCUT2D eigenvalue weighted by Crippen LogP contribution is -2.06. The van der Waals surface area contributed by atoms with Crippen LogP contribution in [0.2, 0.25) is 0 Å². The fourth-order valence-electron chi connectivity index (χ4n) is 1.51. The Kier molecular flexibility index (Phi) is 3.96. The van der Waals surface area contributed by atoms with E-state index in [-0.39, 0.29) is 17.4 Å². The fourth-order valence-corrected chi connectivity index (χ4v) is 2.21. The van der Waals surface area contributed by atoms with Crippen molar-refractivity contribution in [2.45, 2.75) is 19.2 Å². The predicted molar refractivity (Wildman–Crippen MR) is 70.8 cm³/mol. The molecule has 2 N–H and O–H groups in total. The van der Waals surface area contributed by atoms with Gasteiger partial charge in [-0.1, -0.05) is 36.3 Å². The van der Waals surface area contributed by atoms with E-state index in [1.165, 1.54) is 0 Å². The average molecular weight is 281 g/mol. The highest BCUT2D eigenvalue weighted by Crippen LogP contribution is 2.17. The van der Waals surface area contributed by atoms with Crippen LogP contribution >= 0.6 is 0 Å². The van der Waals surface area contributed by atoms with Gasteiger partial charge in [0.25, 0.3) is 0 Å². The van der Waals surface area contributed by atoms with Crippen LogP contribution in [0, 0.1) is 0 Å². The summed E-state index contributed by atoms with van der Waals surface area (Å²) in [7, 11) is -3.16. The number of hydrogen-bond donors (Lipinski definition) is 1. The highest BCUT2D eigenvalue weighted by Gasteiger charge is 2.15. The van der Waals surface area contributed by atoms with Crippen LogP contribution in [0.3, 0.4) is 0 Å². The molecule has 1 aromatic carbocycles. The molecule has 0 saturated heterocycles. The maximum atomic E-state index is 11.5. The summed E-state index contributed by atoms with van der Waals surface area (Å²) in [4.78, 5) is 4.08. The number of rotatable bonds is 5. The molecule has 1 heterocycles. The fraction of sp³-hybridized carbons (Fsp3) is 0.333. The van der Waals surface area contributed by atoms with Crippen LogP contribution in [0.1, 0.15) is 18.4 Å². The first-order valence-electron chi connectivity index (χ1n) is 5.86. The van der Waals surface area contributed by atoms with Crippen molar-refractivity contribution in [2.75, 3.05) is 5.75 Å². The highest BCUT2D eigenvalue weighted by molar-refractivity contribution is 7.90. The third kappa shape index (κ3) is 3.39. The smallest absolute Gasteiger partial charge is 0.242 e. The summed E-state index contributed by atoms with van der Waals surface area (Å²) in [5.74, 6) is 0.317. The Morgan fingerprint density at radius 1 is 1.26 bits per heavy atom. The van der Waals surface area contributed by atoms with E-state index in [0.29, 0.717) is 12.4 Å². The number of sulfone groups is 1. The zero-order chi connectivity index (χ0) is 13.9. The van der Waals surface area contributed by atoms with E-state index in [2.05, 4.69) is 10.1 Å². The van der Waals surface area contributed by atoms with Gasteiger partial charge in [0.15, 0.2) is 9.84 Å². The Morgan fingerprint density at radius 2 is 1.95 bits per heavy atom. The van der Waals surface area contributed by atoms with Crippen molar-refractivity contribution in [1.82, 2.24) is 10.1 Å². The first-order chi connectivity index (χ1) is 9.04. The van der Waals surface area contributed by atoms with Crippen LogP contribution in [0.15, 0.2) is 28.8 Å². The van der Waals surface area contributed by atoms with E-state index in [4.69, 9.17) is 10.3 Å². The number of nitrogens with two attached hydrogens (primary N) is 1. The summed E-state index contributed by atoms with van der Waals surface area (Å²) < 4.78 is 27.9. The molecule has 0 spiro atoms. The summed E-state index contributed by atoms with van der Waals surface area (Å²) in [5, 5.41) is 3.78. The second-order valence-corrected chi connectivity index (χ2v) is 6.44. The van der Waals surface area contributed by atoms with Gasteiger partial charge in [0, 0.05) is 17.9 Å². The molecule has 2 rings (SSSR count). The number of benzene rings is 1. The molecular formula is C12H15N3O3S. The lowest BCUT2D eigenvalue weighted by molar-refractivity contribution is 0.389. The summed E-state index contributed by atoms with van der Waals surface area (Å²) in [5.41, 5.74) is 7.28. The molecule has 0 amide bonds. The van der Waals surface area contributed by atoms with Gasteiger partial charge < -0.3 is 10.3 Å². The molecule has 1 aromatic heterocycles. The van der Waals surface area contributed by atoms with Gasteiger partial charge in [0.2, 0.25) is 11.7 Å². The first kappa shape index (κ1) is 13.7. The second-order valence-electron chi connectivity index (χ2n) is 4.09. The number of aromatic nitrogens is 2. The Hall–Kier alpha value is -1.73. The summed E-state index contributed by atoms with van der Waals surface area (Å²) in [6, 6.07) is 7.39. The van der Waals surface area contributed by atoms with Gasteiger partial charge in [-0.25, -0.2) is 8.42 Å². The van der Waals surface area contributed by atoms with E-state index in [1.54, 1.807) is 6.92 Å². The molecular weight excluding hydrogens is 266 g/mol. The average Bonchev–Trinajstić information content (AvgIpc) is 2.86. The van der Waals surface area contributed by atoms with Crippen LogP contribution < -0.4 is 5.73 Å². The Morgan fingerprint density at radius 3 is 2.53 bits per heavy atom. The Balaban J connectivity index is 2.20. The van der Waals surface area contributed by atoms with Crippen molar-refractivity contribution in [3.8, 4) is 11.4 Å². The van der Waals surface area contributed by atoms with Crippen LogP contribution in [0.25, 0.3) is 11.4 Å². The van der Waals surface area contributed by atoms with Gasteiger partial charge in [-0.3, -0.25) is 0 Å². The second kappa shape index (κ2) is 5.50. The minimum Gasteiger partial charge on any atom is -0.338 e. The Bertz CT molecular complexity index is 647. The van der Waals surface area contributed by atoms with Crippen molar-refractivity contribution in [2.24, 2.45) is 5.73 Å². The molecule has 6 nitrogen and oxygen atoms in total. The maximum absolute atomic E-state index is 11.5. The Labute approximate surface area is 111 Å². The van der Waals surface area contributed by atoms with Crippen LogP contribution in [0.4, 0.5) is 0 Å². The normalized spacial score (nSPS) is 11.7. The molecule has 0 unspecified atom stereocenters. The van der Waals surface area contributed by atoms with Crippen LogP contribution in [-0.4, -0.2) is 24.3 Å². The number of hydrogen-bond acceptors (Lipinski definition) is 6. The molecule has 2 aromatic rings. The van der Waals surface area contributed by atoms with E-state index < -0.39 is 9.84 Å². The summed E-state index contributed by atoms with van der Waals surface area (Å²) >= 11 is 0. The molecule has 0 aliphatic carbocycles. The quantitative estimate of drug-likeness (QED) is 0.882. The van der Waals surface area contributed by atoms with Crippen molar-refractivity contribution < 1.29 is 12.9 Å². The SMILES string of the molecule is CCS(=O)(=O)Cc1nc(-c2ccc(CN)cc2)no1. The zero-order valence-electron chi connectivity index (χ0n) is 10.5. The minimum absolute atomic E-state index is 0.0515. The molecule has 0 aliphatic rings. The van der Waals surface area contributed by atoms with Crippen molar-refractivity contribution in [1.29, 1.82) is 0 Å². The predicted octanol–water partition coefficient (Wildman–Crippen LogP) is 1.13. The molecule has 102 valence electrons. The van der Waals surface area contributed by atoms with Gasteiger partial charge in [0.05, 0.1) is 0 Å². The van der Waals surface area contributed by atoms with E-state index in [1.807, 2.05) is 24.3 Å².